The third-order valence-electron chi connectivity index (χ3n) is 1.92. The first kappa shape index (κ1) is 10.4. The maximum absolute atomic E-state index is 5.68. The quantitative estimate of drug-likeness (QED) is 0.812. The van der Waals surface area contributed by atoms with E-state index in [0.717, 1.165) is 5.56 Å². The van der Waals surface area contributed by atoms with Crippen LogP contribution in [0.2, 0.25) is 0 Å². The summed E-state index contributed by atoms with van der Waals surface area (Å²) in [7, 11) is 1.58. The van der Waals surface area contributed by atoms with Gasteiger partial charge in [0.05, 0.1) is 5.69 Å². The van der Waals surface area contributed by atoms with Crippen LogP contribution in [0.1, 0.15) is 5.82 Å². The van der Waals surface area contributed by atoms with E-state index < -0.39 is 0 Å². The molecule has 0 aliphatic rings. The molecule has 0 spiro atoms. The summed E-state index contributed by atoms with van der Waals surface area (Å²) < 4.78 is 4.96. The summed E-state index contributed by atoms with van der Waals surface area (Å²) in [5.41, 5.74) is 7.17. The van der Waals surface area contributed by atoms with Gasteiger partial charge in [-0.3, -0.25) is 0 Å². The van der Waals surface area contributed by atoms with Crippen molar-refractivity contribution >= 4 is 5.82 Å². The smallest absolute Gasteiger partial charge is 0.157 e. The molecule has 82 valence electrons. The number of nitrogens with zero attached hydrogens (tertiary/aromatic N) is 4. The lowest BCUT2D eigenvalue weighted by atomic mass is 10.2. The predicted octanol–water partition coefficient (Wildman–Crippen LogP) is 0.662. The molecule has 0 aromatic carbocycles. The summed E-state index contributed by atoms with van der Waals surface area (Å²) in [4.78, 5) is 16.2. The molecule has 2 heterocycles. The standard InChI is InChI=1S/C10H11N5O/c1-16-5-10-14-8(2-9(11)15-10)7-3-12-6-13-4-7/h2-4,6H,5H2,1H3,(H2,11,14,15). The highest BCUT2D eigenvalue weighted by molar-refractivity contribution is 5.59. The highest BCUT2D eigenvalue weighted by Gasteiger charge is 2.05. The molecular formula is C10H11N5O. The van der Waals surface area contributed by atoms with Crippen LogP contribution in [0, 0.1) is 0 Å². The third-order valence-corrected chi connectivity index (χ3v) is 1.92. The van der Waals surface area contributed by atoms with Gasteiger partial charge in [-0.15, -0.1) is 0 Å². The molecule has 2 rings (SSSR count). The van der Waals surface area contributed by atoms with Crippen LogP contribution >= 0.6 is 0 Å². The van der Waals surface area contributed by atoms with E-state index in [9.17, 15) is 0 Å². The molecule has 16 heavy (non-hydrogen) atoms. The molecule has 0 bridgehead atoms. The van der Waals surface area contributed by atoms with E-state index in [1.54, 1.807) is 25.6 Å². The fourth-order valence-corrected chi connectivity index (χ4v) is 1.29. The number of methoxy groups -OCH3 is 1. The van der Waals surface area contributed by atoms with Gasteiger partial charge in [-0.25, -0.2) is 19.9 Å². The molecule has 0 amide bonds. The molecule has 0 atom stereocenters. The van der Waals surface area contributed by atoms with Gasteiger partial charge in [-0.1, -0.05) is 0 Å². The number of hydrogen-bond acceptors (Lipinski definition) is 6. The average Bonchev–Trinajstić information content (AvgIpc) is 2.30. The lowest BCUT2D eigenvalue weighted by Crippen LogP contribution is -2.02. The first-order valence-corrected chi connectivity index (χ1v) is 4.67. The van der Waals surface area contributed by atoms with Crippen LogP contribution in [0.5, 0.6) is 0 Å². The Labute approximate surface area is 92.6 Å². The highest BCUT2D eigenvalue weighted by Crippen LogP contribution is 2.16. The molecule has 2 N–H and O–H groups in total. The Morgan fingerprint density at radius 2 is 2.00 bits per heavy atom. The first-order valence-electron chi connectivity index (χ1n) is 4.67. The molecular weight excluding hydrogens is 206 g/mol. The summed E-state index contributed by atoms with van der Waals surface area (Å²) in [5.74, 6) is 0.947. The minimum Gasteiger partial charge on any atom is -0.384 e. The SMILES string of the molecule is COCc1nc(N)cc(-c2cncnc2)n1. The summed E-state index contributed by atoms with van der Waals surface area (Å²) in [6.45, 7) is 0.325. The van der Waals surface area contributed by atoms with Crippen molar-refractivity contribution in [3.05, 3.63) is 30.6 Å². The Kier molecular flexibility index (Phi) is 3.02. The van der Waals surface area contributed by atoms with E-state index in [-0.39, 0.29) is 0 Å². The number of nitrogens with two attached hydrogens (primary N) is 1. The van der Waals surface area contributed by atoms with E-state index in [1.807, 2.05) is 0 Å². The van der Waals surface area contributed by atoms with Crippen LogP contribution in [-0.2, 0) is 11.3 Å². The van der Waals surface area contributed by atoms with Gasteiger partial charge in [0.15, 0.2) is 5.82 Å². The van der Waals surface area contributed by atoms with Crippen LogP contribution in [0.3, 0.4) is 0 Å². The minimum absolute atomic E-state index is 0.325. The number of anilines is 1. The Hall–Kier alpha value is -2.08. The summed E-state index contributed by atoms with van der Waals surface area (Å²) in [6.07, 6.45) is 4.81. The van der Waals surface area contributed by atoms with E-state index in [0.29, 0.717) is 23.9 Å². The number of aromatic nitrogens is 4. The van der Waals surface area contributed by atoms with E-state index in [4.69, 9.17) is 10.5 Å². The fraction of sp³-hybridized carbons (Fsp3) is 0.200. The Balaban J connectivity index is 2.41. The number of hydrogen-bond donors (Lipinski definition) is 1. The molecule has 6 nitrogen and oxygen atoms in total. The third kappa shape index (κ3) is 2.29. The maximum atomic E-state index is 5.68. The van der Waals surface area contributed by atoms with Gasteiger partial charge < -0.3 is 10.5 Å². The largest absolute Gasteiger partial charge is 0.384 e. The normalized spacial score (nSPS) is 10.3. The van der Waals surface area contributed by atoms with Crippen molar-refractivity contribution in [2.75, 3.05) is 12.8 Å². The molecule has 6 heteroatoms. The zero-order valence-electron chi connectivity index (χ0n) is 8.79. The van der Waals surface area contributed by atoms with Gasteiger partial charge in [0.25, 0.3) is 0 Å². The second-order valence-electron chi connectivity index (χ2n) is 3.15. The Morgan fingerprint density at radius 3 is 2.69 bits per heavy atom. The summed E-state index contributed by atoms with van der Waals surface area (Å²) in [6, 6.07) is 1.68. The number of rotatable bonds is 3. The first-order chi connectivity index (χ1) is 7.79. The summed E-state index contributed by atoms with van der Waals surface area (Å²) >= 11 is 0. The minimum atomic E-state index is 0.325. The van der Waals surface area contributed by atoms with Gasteiger partial charge in [-0.2, -0.15) is 0 Å². The molecule has 0 saturated carbocycles. The van der Waals surface area contributed by atoms with Crippen molar-refractivity contribution in [3.8, 4) is 11.3 Å². The van der Waals surface area contributed by atoms with Crippen molar-refractivity contribution in [3.63, 3.8) is 0 Å². The van der Waals surface area contributed by atoms with Crippen molar-refractivity contribution in [1.82, 2.24) is 19.9 Å². The summed E-state index contributed by atoms with van der Waals surface area (Å²) in [5, 5.41) is 0. The molecule has 0 unspecified atom stereocenters. The van der Waals surface area contributed by atoms with Gasteiger partial charge >= 0.3 is 0 Å². The molecule has 0 radical (unpaired) electrons. The van der Waals surface area contributed by atoms with Crippen molar-refractivity contribution in [2.45, 2.75) is 6.61 Å². The van der Waals surface area contributed by atoms with Gasteiger partial charge in [0, 0.05) is 31.1 Å². The molecule has 0 aliphatic heterocycles. The van der Waals surface area contributed by atoms with Crippen molar-refractivity contribution in [1.29, 1.82) is 0 Å². The van der Waals surface area contributed by atoms with Crippen LogP contribution in [0.4, 0.5) is 5.82 Å². The van der Waals surface area contributed by atoms with Crippen molar-refractivity contribution in [2.24, 2.45) is 0 Å². The lowest BCUT2D eigenvalue weighted by molar-refractivity contribution is 0.178. The van der Waals surface area contributed by atoms with E-state index in [2.05, 4.69) is 19.9 Å². The molecule has 0 fully saturated rings. The molecule has 2 aromatic heterocycles. The number of ether oxygens (including phenoxy) is 1. The lowest BCUT2D eigenvalue weighted by Gasteiger charge is -2.04. The van der Waals surface area contributed by atoms with Gasteiger partial charge in [0.1, 0.15) is 18.8 Å². The van der Waals surface area contributed by atoms with Crippen molar-refractivity contribution < 1.29 is 4.74 Å². The predicted molar refractivity (Wildman–Crippen MR) is 58.2 cm³/mol. The topological polar surface area (TPSA) is 86.8 Å². The van der Waals surface area contributed by atoms with Gasteiger partial charge in [-0.05, 0) is 0 Å². The monoisotopic (exact) mass is 217 g/mol. The zero-order chi connectivity index (χ0) is 11.4. The fourth-order valence-electron chi connectivity index (χ4n) is 1.29. The second-order valence-corrected chi connectivity index (χ2v) is 3.15. The highest BCUT2D eigenvalue weighted by atomic mass is 16.5. The Bertz CT molecular complexity index is 474. The molecule has 0 saturated heterocycles. The second kappa shape index (κ2) is 4.63. The van der Waals surface area contributed by atoms with Crippen LogP contribution < -0.4 is 5.73 Å². The van der Waals surface area contributed by atoms with Crippen LogP contribution in [0.15, 0.2) is 24.8 Å². The molecule has 2 aromatic rings. The average molecular weight is 217 g/mol. The van der Waals surface area contributed by atoms with Crippen LogP contribution in [0.25, 0.3) is 11.3 Å². The van der Waals surface area contributed by atoms with Crippen LogP contribution in [-0.4, -0.2) is 27.0 Å². The number of nitrogen functional groups attached to an aromatic ring is 1. The zero-order valence-corrected chi connectivity index (χ0v) is 8.79. The van der Waals surface area contributed by atoms with E-state index in [1.165, 1.54) is 6.33 Å². The Morgan fingerprint density at radius 1 is 1.25 bits per heavy atom. The van der Waals surface area contributed by atoms with Gasteiger partial charge in [0.2, 0.25) is 0 Å². The molecule has 0 aliphatic carbocycles. The maximum Gasteiger partial charge on any atom is 0.157 e. The van der Waals surface area contributed by atoms with E-state index >= 15 is 0 Å².